The fourth-order valence-corrected chi connectivity index (χ4v) is 3.31. The van der Waals surface area contributed by atoms with Gasteiger partial charge in [0.15, 0.2) is 5.16 Å². The van der Waals surface area contributed by atoms with Crippen LogP contribution in [0.25, 0.3) is 0 Å². The Labute approximate surface area is 147 Å². The van der Waals surface area contributed by atoms with Gasteiger partial charge in [0.2, 0.25) is 0 Å². The topological polar surface area (TPSA) is 86.1 Å². The number of cyclic esters (lactones) is 1. The molecule has 0 aromatic carbocycles. The van der Waals surface area contributed by atoms with E-state index in [4.69, 9.17) is 16.3 Å². The predicted octanol–water partition coefficient (Wildman–Crippen LogP) is 2.05. The number of carbonyl (C=O) groups is 2. The Hall–Kier alpha value is -2.06. The zero-order valence-electron chi connectivity index (χ0n) is 13.0. The Kier molecular flexibility index (Phi) is 4.77. The summed E-state index contributed by atoms with van der Waals surface area (Å²) < 4.78 is 6.86. The van der Waals surface area contributed by atoms with E-state index in [9.17, 15) is 9.59 Å². The summed E-state index contributed by atoms with van der Waals surface area (Å²) in [6.07, 6.45) is 5.19. The maximum atomic E-state index is 12.2. The number of carbonyl (C=O) groups excluding carboxylic acids is 2. The molecule has 1 amide bonds. The molecule has 0 bridgehead atoms. The first-order valence-corrected chi connectivity index (χ1v) is 8.45. The minimum atomic E-state index is -0.632. The first-order valence-electron chi connectivity index (χ1n) is 7.26. The predicted molar refractivity (Wildman–Crippen MR) is 88.0 cm³/mol. The molecule has 0 aliphatic carbocycles. The van der Waals surface area contributed by atoms with Gasteiger partial charge in [-0.05, 0) is 24.8 Å². The van der Waals surface area contributed by atoms with Gasteiger partial charge in [-0.15, -0.1) is 0 Å². The summed E-state index contributed by atoms with van der Waals surface area (Å²) in [5.74, 6) is -0.828. The number of amides is 1. The van der Waals surface area contributed by atoms with Crippen molar-refractivity contribution in [2.45, 2.75) is 35.7 Å². The number of esters is 1. The molecule has 1 fully saturated rings. The Morgan fingerprint density at radius 3 is 2.88 bits per heavy atom. The molecule has 0 radical (unpaired) electrons. The molecule has 3 rings (SSSR count). The molecule has 7 nitrogen and oxygen atoms in total. The van der Waals surface area contributed by atoms with Crippen LogP contribution in [0, 0.1) is 0 Å². The number of hydrogen-bond acceptors (Lipinski definition) is 6. The van der Waals surface area contributed by atoms with E-state index in [0.29, 0.717) is 16.5 Å². The van der Waals surface area contributed by atoms with Crippen molar-refractivity contribution < 1.29 is 14.3 Å². The molecule has 126 valence electrons. The molecule has 9 heteroatoms. The second-order valence-electron chi connectivity index (χ2n) is 5.44. The standard InChI is InChI=1S/C15H15ClN4O3S/c1-8-5-11(14(22)23-8)19-12(21)9-6-10(16)13(18-7-9)24-15-17-3-4-20(15)2/h3-4,6-8,11H,5H2,1-2H3,(H,19,21)/t8-,11-/m1/s1. The second kappa shape index (κ2) is 6.82. The molecule has 0 spiro atoms. The Morgan fingerprint density at radius 1 is 1.50 bits per heavy atom. The van der Waals surface area contributed by atoms with Gasteiger partial charge in [0, 0.05) is 32.1 Å². The molecule has 1 aliphatic rings. The fourth-order valence-electron chi connectivity index (χ4n) is 2.28. The third-order valence-electron chi connectivity index (χ3n) is 3.51. The number of aromatic nitrogens is 3. The molecule has 1 saturated heterocycles. The summed E-state index contributed by atoms with van der Waals surface area (Å²) in [4.78, 5) is 32.3. The number of nitrogens with one attached hydrogen (secondary N) is 1. The van der Waals surface area contributed by atoms with Crippen LogP contribution in [0.4, 0.5) is 0 Å². The Bertz CT molecular complexity index is 795. The van der Waals surface area contributed by atoms with E-state index in [2.05, 4.69) is 15.3 Å². The van der Waals surface area contributed by atoms with Gasteiger partial charge in [0.1, 0.15) is 17.2 Å². The summed E-state index contributed by atoms with van der Waals surface area (Å²) in [6, 6.07) is 0.895. The molecule has 1 aliphatic heterocycles. The van der Waals surface area contributed by atoms with Gasteiger partial charge in [0.05, 0.1) is 10.6 Å². The smallest absolute Gasteiger partial charge is 0.329 e. The van der Waals surface area contributed by atoms with Gasteiger partial charge in [-0.1, -0.05) is 11.6 Å². The van der Waals surface area contributed by atoms with Crippen LogP contribution in [-0.4, -0.2) is 38.6 Å². The third kappa shape index (κ3) is 3.54. The minimum Gasteiger partial charge on any atom is -0.461 e. The van der Waals surface area contributed by atoms with Gasteiger partial charge >= 0.3 is 5.97 Å². The summed E-state index contributed by atoms with van der Waals surface area (Å²) in [5.41, 5.74) is 0.288. The highest BCUT2D eigenvalue weighted by Gasteiger charge is 2.33. The van der Waals surface area contributed by atoms with Crippen LogP contribution in [0.2, 0.25) is 5.02 Å². The van der Waals surface area contributed by atoms with E-state index >= 15 is 0 Å². The van der Waals surface area contributed by atoms with Gasteiger partial charge in [-0.25, -0.2) is 14.8 Å². The first kappa shape index (κ1) is 16.8. The van der Waals surface area contributed by atoms with Gasteiger partial charge < -0.3 is 14.6 Å². The summed E-state index contributed by atoms with van der Waals surface area (Å²) in [5, 5.41) is 4.28. The lowest BCUT2D eigenvalue weighted by Gasteiger charge is -2.10. The lowest BCUT2D eigenvalue weighted by atomic mass is 10.1. The summed E-state index contributed by atoms with van der Waals surface area (Å²) in [7, 11) is 1.87. The molecular formula is C15H15ClN4O3S. The highest BCUT2D eigenvalue weighted by molar-refractivity contribution is 7.99. The molecule has 0 saturated carbocycles. The van der Waals surface area contributed by atoms with Crippen molar-refractivity contribution in [3.8, 4) is 0 Å². The average molecular weight is 367 g/mol. The van der Waals surface area contributed by atoms with Crippen molar-refractivity contribution in [2.75, 3.05) is 0 Å². The number of hydrogen-bond donors (Lipinski definition) is 1. The van der Waals surface area contributed by atoms with Crippen molar-refractivity contribution in [3.05, 3.63) is 35.2 Å². The van der Waals surface area contributed by atoms with Crippen LogP contribution in [0.5, 0.6) is 0 Å². The van der Waals surface area contributed by atoms with Crippen molar-refractivity contribution in [2.24, 2.45) is 7.05 Å². The van der Waals surface area contributed by atoms with Crippen molar-refractivity contribution in [3.63, 3.8) is 0 Å². The van der Waals surface area contributed by atoms with E-state index in [1.807, 2.05) is 17.8 Å². The Balaban J connectivity index is 1.71. The first-order chi connectivity index (χ1) is 11.4. The maximum absolute atomic E-state index is 12.2. The van der Waals surface area contributed by atoms with Crippen molar-refractivity contribution in [1.29, 1.82) is 0 Å². The number of halogens is 1. The monoisotopic (exact) mass is 366 g/mol. The molecule has 2 atom stereocenters. The SMILES string of the molecule is C[C@@H]1C[C@@H](NC(=O)c2cnc(Sc3nccn3C)c(Cl)c2)C(=O)O1. The van der Waals surface area contributed by atoms with Crippen LogP contribution >= 0.6 is 23.4 Å². The van der Waals surface area contributed by atoms with Gasteiger partial charge in [-0.2, -0.15) is 0 Å². The minimum absolute atomic E-state index is 0.193. The van der Waals surface area contributed by atoms with E-state index in [0.717, 1.165) is 5.16 Å². The summed E-state index contributed by atoms with van der Waals surface area (Å²) >= 11 is 7.52. The van der Waals surface area contributed by atoms with E-state index in [1.165, 1.54) is 24.0 Å². The quantitative estimate of drug-likeness (QED) is 0.833. The average Bonchev–Trinajstić information content (AvgIpc) is 3.07. The highest BCUT2D eigenvalue weighted by atomic mass is 35.5. The molecular weight excluding hydrogens is 352 g/mol. The van der Waals surface area contributed by atoms with Crippen LogP contribution < -0.4 is 5.32 Å². The van der Waals surface area contributed by atoms with Crippen LogP contribution in [0.1, 0.15) is 23.7 Å². The van der Waals surface area contributed by atoms with E-state index < -0.39 is 17.9 Å². The van der Waals surface area contributed by atoms with Crippen LogP contribution in [-0.2, 0) is 16.6 Å². The number of nitrogens with zero attached hydrogens (tertiary/aromatic N) is 3. The largest absolute Gasteiger partial charge is 0.461 e. The lowest BCUT2D eigenvalue weighted by Crippen LogP contribution is -2.38. The van der Waals surface area contributed by atoms with E-state index in [1.54, 1.807) is 13.1 Å². The zero-order chi connectivity index (χ0) is 17.3. The third-order valence-corrected chi connectivity index (χ3v) is 5.00. The number of imidazole rings is 1. The normalized spacial score (nSPS) is 20.0. The Morgan fingerprint density at radius 2 is 2.29 bits per heavy atom. The van der Waals surface area contributed by atoms with Gasteiger partial charge in [-0.3, -0.25) is 4.79 Å². The number of aryl methyl sites for hydroxylation is 1. The van der Waals surface area contributed by atoms with Crippen molar-refractivity contribution >= 4 is 35.2 Å². The van der Waals surface area contributed by atoms with Crippen molar-refractivity contribution in [1.82, 2.24) is 19.9 Å². The van der Waals surface area contributed by atoms with Crippen LogP contribution in [0.3, 0.4) is 0 Å². The maximum Gasteiger partial charge on any atom is 0.329 e. The molecule has 3 heterocycles. The lowest BCUT2D eigenvalue weighted by molar-refractivity contribution is -0.142. The number of rotatable bonds is 4. The molecule has 24 heavy (non-hydrogen) atoms. The molecule has 2 aromatic rings. The number of ether oxygens (including phenoxy) is 1. The fraction of sp³-hybridized carbons (Fsp3) is 0.333. The molecule has 2 aromatic heterocycles. The second-order valence-corrected chi connectivity index (χ2v) is 6.81. The van der Waals surface area contributed by atoms with Gasteiger partial charge in [0.25, 0.3) is 5.91 Å². The van der Waals surface area contributed by atoms with E-state index in [-0.39, 0.29) is 11.7 Å². The molecule has 0 unspecified atom stereocenters. The number of pyridine rings is 1. The van der Waals surface area contributed by atoms with Crippen LogP contribution in [0.15, 0.2) is 34.8 Å². The summed E-state index contributed by atoms with van der Waals surface area (Å²) in [6.45, 7) is 1.78. The zero-order valence-corrected chi connectivity index (χ0v) is 14.6. The molecule has 1 N–H and O–H groups in total. The highest BCUT2D eigenvalue weighted by Crippen LogP contribution is 2.30.